The van der Waals surface area contributed by atoms with Gasteiger partial charge in [-0.1, -0.05) is 33.6 Å². The molecule has 0 spiro atoms. The largest absolute Gasteiger partial charge is 0.279 e. The smallest absolute Gasteiger partial charge is 0.201 e. The van der Waals surface area contributed by atoms with Crippen LogP contribution in [0.25, 0.3) is 0 Å². The van der Waals surface area contributed by atoms with Gasteiger partial charge in [0.25, 0.3) is 10.2 Å². The Morgan fingerprint density at radius 3 is 2.53 bits per heavy atom. The van der Waals surface area contributed by atoms with E-state index in [-0.39, 0.29) is 5.38 Å². The lowest BCUT2D eigenvalue weighted by Crippen LogP contribution is -2.47. The zero-order valence-corrected chi connectivity index (χ0v) is 13.8. The Balaban J connectivity index is 2.50. The summed E-state index contributed by atoms with van der Waals surface area (Å²) in [6, 6.07) is 0. The maximum absolute atomic E-state index is 12.2. The zero-order chi connectivity index (χ0) is 14.5. The Hall–Kier alpha value is 0.160. The van der Waals surface area contributed by atoms with E-state index in [4.69, 9.17) is 11.6 Å². The van der Waals surface area contributed by atoms with Crippen LogP contribution in [-0.2, 0) is 10.2 Å². The molecule has 0 aromatic rings. The molecule has 1 aliphatic rings. The second-order valence-corrected chi connectivity index (χ2v) is 7.87. The summed E-state index contributed by atoms with van der Waals surface area (Å²) in [5, 5.41) is -0.132. The molecule has 114 valence electrons. The number of nitrogens with zero attached hydrogens (tertiary/aromatic N) is 1. The van der Waals surface area contributed by atoms with Crippen LogP contribution in [0.4, 0.5) is 0 Å². The summed E-state index contributed by atoms with van der Waals surface area (Å²) in [5.41, 5.74) is 0. The summed E-state index contributed by atoms with van der Waals surface area (Å²) in [6.07, 6.45) is 4.01. The van der Waals surface area contributed by atoms with Crippen molar-refractivity contribution in [3.63, 3.8) is 0 Å². The molecule has 6 heteroatoms. The van der Waals surface area contributed by atoms with Gasteiger partial charge in [0.05, 0.1) is 0 Å². The van der Waals surface area contributed by atoms with Crippen molar-refractivity contribution in [2.75, 3.05) is 19.6 Å². The van der Waals surface area contributed by atoms with Crippen molar-refractivity contribution in [3.05, 3.63) is 0 Å². The molecular formula is C13H27ClN2O2S. The highest BCUT2D eigenvalue weighted by atomic mass is 35.5. The van der Waals surface area contributed by atoms with Gasteiger partial charge in [-0.05, 0) is 24.7 Å². The van der Waals surface area contributed by atoms with Crippen LogP contribution >= 0.6 is 11.6 Å². The second kappa shape index (κ2) is 7.81. The minimum absolute atomic E-state index is 0.132. The molecule has 1 heterocycles. The van der Waals surface area contributed by atoms with Crippen molar-refractivity contribution in [3.8, 4) is 0 Å². The first-order valence-electron chi connectivity index (χ1n) is 7.29. The number of piperidine rings is 1. The highest BCUT2D eigenvalue weighted by Gasteiger charge is 2.28. The molecule has 1 N–H and O–H groups in total. The van der Waals surface area contributed by atoms with Crippen LogP contribution in [0, 0.1) is 11.8 Å². The summed E-state index contributed by atoms with van der Waals surface area (Å²) < 4.78 is 28.6. The van der Waals surface area contributed by atoms with Crippen molar-refractivity contribution in [1.29, 1.82) is 0 Å². The van der Waals surface area contributed by atoms with Gasteiger partial charge in [0.1, 0.15) is 0 Å². The van der Waals surface area contributed by atoms with E-state index in [1.807, 2.05) is 0 Å². The van der Waals surface area contributed by atoms with Gasteiger partial charge in [0.15, 0.2) is 0 Å². The molecule has 0 aliphatic carbocycles. The fourth-order valence-corrected chi connectivity index (χ4v) is 4.53. The molecule has 0 amide bonds. The number of rotatable bonds is 7. The number of halogens is 1. The molecule has 0 aromatic heterocycles. The normalized spacial score (nSPS) is 23.7. The average molecular weight is 311 g/mol. The summed E-state index contributed by atoms with van der Waals surface area (Å²) in [4.78, 5) is 0. The number of hydrogen-bond donors (Lipinski definition) is 1. The number of alkyl halides is 1. The highest BCUT2D eigenvalue weighted by molar-refractivity contribution is 7.87. The first-order valence-corrected chi connectivity index (χ1v) is 9.17. The monoisotopic (exact) mass is 310 g/mol. The summed E-state index contributed by atoms with van der Waals surface area (Å²) in [5.74, 6) is 0.806. The SMILES string of the molecule is CCC(CC)C(Cl)CNS(=O)(=O)N1CCCC(C)C1. The van der Waals surface area contributed by atoms with Crippen molar-refractivity contribution in [2.45, 2.75) is 51.8 Å². The van der Waals surface area contributed by atoms with Gasteiger partial charge in [0.2, 0.25) is 0 Å². The minimum Gasteiger partial charge on any atom is -0.201 e. The molecule has 1 saturated heterocycles. The van der Waals surface area contributed by atoms with Gasteiger partial charge in [-0.25, -0.2) is 4.72 Å². The molecule has 1 aliphatic heterocycles. The third-order valence-corrected chi connectivity index (χ3v) is 6.03. The van der Waals surface area contributed by atoms with Crippen LogP contribution < -0.4 is 4.72 Å². The Morgan fingerprint density at radius 1 is 1.37 bits per heavy atom. The number of hydrogen-bond acceptors (Lipinski definition) is 2. The summed E-state index contributed by atoms with van der Waals surface area (Å²) >= 11 is 6.28. The van der Waals surface area contributed by atoms with Gasteiger partial charge < -0.3 is 0 Å². The van der Waals surface area contributed by atoms with E-state index in [0.717, 1.165) is 25.7 Å². The standard InChI is InChI=1S/C13H27ClN2O2S/c1-4-12(5-2)13(14)9-15-19(17,18)16-8-6-7-11(3)10-16/h11-13,15H,4-10H2,1-3H3. The predicted octanol–water partition coefficient (Wildman–Crippen LogP) is 2.60. The first kappa shape index (κ1) is 17.2. The van der Waals surface area contributed by atoms with Gasteiger partial charge in [-0.3, -0.25) is 0 Å². The minimum atomic E-state index is -3.36. The van der Waals surface area contributed by atoms with Crippen LogP contribution in [0.2, 0.25) is 0 Å². The molecule has 1 fully saturated rings. The predicted molar refractivity (Wildman–Crippen MR) is 80.6 cm³/mol. The van der Waals surface area contributed by atoms with Crippen molar-refractivity contribution in [2.24, 2.45) is 11.8 Å². The Labute approximate surface area is 123 Å². The van der Waals surface area contributed by atoms with Gasteiger partial charge in [0, 0.05) is 25.0 Å². The summed E-state index contributed by atoms with van der Waals surface area (Å²) in [6.45, 7) is 7.83. The number of nitrogens with one attached hydrogen (secondary N) is 1. The third kappa shape index (κ3) is 5.21. The van der Waals surface area contributed by atoms with Crippen LogP contribution in [0.15, 0.2) is 0 Å². The second-order valence-electron chi connectivity index (χ2n) is 5.55. The molecule has 0 aromatic carbocycles. The molecule has 2 unspecified atom stereocenters. The topological polar surface area (TPSA) is 49.4 Å². The van der Waals surface area contributed by atoms with E-state index in [1.165, 1.54) is 0 Å². The molecule has 0 bridgehead atoms. The average Bonchev–Trinajstić information content (AvgIpc) is 2.38. The van der Waals surface area contributed by atoms with Gasteiger partial charge >= 0.3 is 0 Å². The molecule has 4 nitrogen and oxygen atoms in total. The maximum atomic E-state index is 12.2. The zero-order valence-electron chi connectivity index (χ0n) is 12.2. The van der Waals surface area contributed by atoms with Crippen molar-refractivity contribution < 1.29 is 8.42 Å². The Morgan fingerprint density at radius 2 is 2.00 bits per heavy atom. The molecule has 19 heavy (non-hydrogen) atoms. The van der Waals surface area contributed by atoms with Gasteiger partial charge in [-0.2, -0.15) is 12.7 Å². The maximum Gasteiger partial charge on any atom is 0.279 e. The van der Waals surface area contributed by atoms with Crippen molar-refractivity contribution in [1.82, 2.24) is 9.03 Å². The first-order chi connectivity index (χ1) is 8.90. The van der Waals surface area contributed by atoms with Crippen LogP contribution in [0.5, 0.6) is 0 Å². The Bertz CT molecular complexity index is 358. The van der Waals surface area contributed by atoms with E-state index < -0.39 is 10.2 Å². The molecule has 0 radical (unpaired) electrons. The Kier molecular flexibility index (Phi) is 7.08. The lowest BCUT2D eigenvalue weighted by molar-refractivity contribution is 0.278. The molecular weight excluding hydrogens is 284 g/mol. The lowest BCUT2D eigenvalue weighted by atomic mass is 9.99. The third-order valence-electron chi connectivity index (χ3n) is 3.98. The van der Waals surface area contributed by atoms with Crippen LogP contribution in [-0.4, -0.2) is 37.7 Å². The highest BCUT2D eigenvalue weighted by Crippen LogP contribution is 2.20. The summed E-state index contributed by atoms with van der Waals surface area (Å²) in [7, 11) is -3.36. The van der Waals surface area contributed by atoms with E-state index >= 15 is 0 Å². The van der Waals surface area contributed by atoms with E-state index in [2.05, 4.69) is 25.5 Å². The lowest BCUT2D eigenvalue weighted by Gasteiger charge is -2.30. The molecule has 2 atom stereocenters. The molecule has 1 rings (SSSR count). The van der Waals surface area contributed by atoms with E-state index in [9.17, 15) is 8.42 Å². The van der Waals surface area contributed by atoms with Crippen LogP contribution in [0.3, 0.4) is 0 Å². The fraction of sp³-hybridized carbons (Fsp3) is 1.00. The van der Waals surface area contributed by atoms with Crippen molar-refractivity contribution >= 4 is 21.8 Å². The molecule has 0 saturated carbocycles. The van der Waals surface area contributed by atoms with Gasteiger partial charge in [-0.15, -0.1) is 11.6 Å². The van der Waals surface area contributed by atoms with E-state index in [0.29, 0.717) is 31.5 Å². The quantitative estimate of drug-likeness (QED) is 0.735. The van der Waals surface area contributed by atoms with E-state index in [1.54, 1.807) is 4.31 Å². The fourth-order valence-electron chi connectivity index (χ4n) is 2.61. The van der Waals surface area contributed by atoms with Crippen LogP contribution in [0.1, 0.15) is 46.5 Å².